The summed E-state index contributed by atoms with van der Waals surface area (Å²) in [5, 5.41) is 6.88. The normalized spacial score (nSPS) is 30.4. The summed E-state index contributed by atoms with van der Waals surface area (Å²) in [7, 11) is 0. The van der Waals surface area contributed by atoms with Gasteiger partial charge in [0.25, 0.3) is 5.91 Å². The molecule has 0 radical (unpaired) electrons. The van der Waals surface area contributed by atoms with E-state index in [4.69, 9.17) is 16.3 Å². The maximum atomic E-state index is 12.1. The van der Waals surface area contributed by atoms with E-state index in [1.54, 1.807) is 24.3 Å². The molecule has 24 heavy (non-hydrogen) atoms. The van der Waals surface area contributed by atoms with Crippen molar-refractivity contribution in [1.29, 1.82) is 0 Å². The summed E-state index contributed by atoms with van der Waals surface area (Å²) in [5.41, 5.74) is -0.190. The lowest BCUT2D eigenvalue weighted by atomic mass is 9.44. The molecule has 2 bridgehead atoms. The van der Waals surface area contributed by atoms with E-state index in [-0.39, 0.29) is 35.4 Å². The monoisotopic (exact) mass is 348 g/mol. The molecule has 0 aromatic heterocycles. The molecule has 4 saturated carbocycles. The highest BCUT2D eigenvalue weighted by Crippen LogP contribution is 2.60. The molecule has 0 atom stereocenters. The molecule has 0 heterocycles. The van der Waals surface area contributed by atoms with Crippen LogP contribution in [0.4, 0.5) is 0 Å². The zero-order chi connectivity index (χ0) is 16.8. The Kier molecular flexibility index (Phi) is 3.71. The van der Waals surface area contributed by atoms with Crippen LogP contribution in [0.1, 0.15) is 38.5 Å². The third kappa shape index (κ3) is 2.86. The number of rotatable bonds is 6. The number of nitrogens with one attached hydrogen (secondary N) is 2. The second kappa shape index (κ2) is 5.66. The van der Waals surface area contributed by atoms with Crippen LogP contribution in [-0.2, 0) is 9.59 Å². The highest BCUT2D eigenvalue weighted by molar-refractivity contribution is 6.30. The molecule has 4 aliphatic rings. The summed E-state index contributed by atoms with van der Waals surface area (Å²) in [6.07, 6.45) is 5.72. The molecular weight excluding hydrogens is 328 g/mol. The second-order valence-electron chi connectivity index (χ2n) is 7.50. The first-order valence-electron chi connectivity index (χ1n) is 8.49. The van der Waals surface area contributed by atoms with Gasteiger partial charge in [-0.1, -0.05) is 18.0 Å². The quantitative estimate of drug-likeness (QED) is 0.829. The number of halogens is 1. The topological polar surface area (TPSA) is 67.4 Å². The van der Waals surface area contributed by atoms with Crippen LogP contribution in [0.5, 0.6) is 5.75 Å². The third-order valence-corrected chi connectivity index (χ3v) is 5.73. The lowest BCUT2D eigenvalue weighted by Gasteiger charge is -2.70. The van der Waals surface area contributed by atoms with Gasteiger partial charge in [-0.25, -0.2) is 0 Å². The van der Waals surface area contributed by atoms with E-state index in [0.717, 1.165) is 32.1 Å². The molecule has 2 N–H and O–H groups in total. The van der Waals surface area contributed by atoms with E-state index in [0.29, 0.717) is 10.8 Å². The second-order valence-corrected chi connectivity index (χ2v) is 7.94. The standard InChI is InChI=1S/C18H21ClN2O3/c19-13-4-6-14(7-5-13)24-8-15(22)20-17-9-18(10-17,11-17)21-16(23)12-2-1-3-12/h4-7,12H,1-3,8-11H2,(H,20,22)(H,21,23). The van der Waals surface area contributed by atoms with Crippen molar-refractivity contribution in [2.24, 2.45) is 5.92 Å². The molecule has 0 aliphatic heterocycles. The van der Waals surface area contributed by atoms with E-state index < -0.39 is 0 Å². The Bertz CT molecular complexity index is 650. The largest absolute Gasteiger partial charge is 0.484 e. The molecule has 4 fully saturated rings. The number of carbonyl (C=O) groups is 2. The van der Waals surface area contributed by atoms with Gasteiger partial charge in [0.15, 0.2) is 6.61 Å². The van der Waals surface area contributed by atoms with E-state index in [2.05, 4.69) is 10.6 Å². The van der Waals surface area contributed by atoms with Crippen molar-refractivity contribution >= 4 is 23.4 Å². The van der Waals surface area contributed by atoms with Gasteiger partial charge in [-0.05, 0) is 56.4 Å². The van der Waals surface area contributed by atoms with Crippen LogP contribution in [0.2, 0.25) is 5.02 Å². The summed E-state index contributed by atoms with van der Waals surface area (Å²) >= 11 is 5.81. The minimum Gasteiger partial charge on any atom is -0.484 e. The van der Waals surface area contributed by atoms with Crippen LogP contribution >= 0.6 is 11.6 Å². The summed E-state index contributed by atoms with van der Waals surface area (Å²) in [5.74, 6) is 0.921. The average molecular weight is 349 g/mol. The van der Waals surface area contributed by atoms with Crippen molar-refractivity contribution in [3.8, 4) is 5.75 Å². The van der Waals surface area contributed by atoms with Crippen LogP contribution in [0.25, 0.3) is 0 Å². The lowest BCUT2D eigenvalue weighted by Crippen LogP contribution is -2.84. The van der Waals surface area contributed by atoms with Gasteiger partial charge >= 0.3 is 0 Å². The Morgan fingerprint density at radius 2 is 1.71 bits per heavy atom. The van der Waals surface area contributed by atoms with Crippen LogP contribution in [0.15, 0.2) is 24.3 Å². The van der Waals surface area contributed by atoms with Gasteiger partial charge in [-0.2, -0.15) is 0 Å². The zero-order valence-corrected chi connectivity index (χ0v) is 14.2. The number of ether oxygens (including phenoxy) is 1. The number of benzene rings is 1. The Morgan fingerprint density at radius 3 is 2.29 bits per heavy atom. The molecular formula is C18H21ClN2O3. The molecule has 6 heteroatoms. The molecule has 5 nitrogen and oxygen atoms in total. The van der Waals surface area contributed by atoms with Gasteiger partial charge in [0.1, 0.15) is 5.75 Å². The van der Waals surface area contributed by atoms with Crippen molar-refractivity contribution in [3.05, 3.63) is 29.3 Å². The smallest absolute Gasteiger partial charge is 0.258 e. The molecule has 5 rings (SSSR count). The van der Waals surface area contributed by atoms with Gasteiger partial charge in [0, 0.05) is 22.0 Å². The first kappa shape index (κ1) is 15.8. The summed E-state index contributed by atoms with van der Waals surface area (Å²) in [6, 6.07) is 6.93. The SMILES string of the molecule is O=C(COc1ccc(Cl)cc1)NC12CC(NC(=O)C3CCC3)(C1)C2. The number of hydrogen-bond donors (Lipinski definition) is 2. The van der Waals surface area contributed by atoms with Gasteiger partial charge in [0.2, 0.25) is 5.91 Å². The fourth-order valence-corrected chi connectivity index (χ4v) is 4.22. The minimum atomic E-state index is -0.132. The first-order valence-corrected chi connectivity index (χ1v) is 8.87. The van der Waals surface area contributed by atoms with E-state index in [1.807, 2.05) is 0 Å². The zero-order valence-electron chi connectivity index (χ0n) is 13.4. The third-order valence-electron chi connectivity index (χ3n) is 5.48. The minimum absolute atomic E-state index is 0.00911. The maximum absolute atomic E-state index is 12.1. The van der Waals surface area contributed by atoms with Crippen molar-refractivity contribution in [2.45, 2.75) is 49.6 Å². The van der Waals surface area contributed by atoms with E-state index in [1.165, 1.54) is 6.42 Å². The molecule has 1 aromatic rings. The lowest BCUT2D eigenvalue weighted by molar-refractivity contribution is -0.153. The van der Waals surface area contributed by atoms with Crippen LogP contribution < -0.4 is 15.4 Å². The Hall–Kier alpha value is -1.75. The highest BCUT2D eigenvalue weighted by Gasteiger charge is 2.69. The number of carbonyl (C=O) groups excluding carboxylic acids is 2. The summed E-state index contributed by atoms with van der Waals surface area (Å²) < 4.78 is 5.46. The molecule has 0 unspecified atom stereocenters. The van der Waals surface area contributed by atoms with Gasteiger partial charge in [-0.15, -0.1) is 0 Å². The van der Waals surface area contributed by atoms with Crippen LogP contribution in [0.3, 0.4) is 0 Å². The van der Waals surface area contributed by atoms with Gasteiger partial charge in [-0.3, -0.25) is 9.59 Å². The highest BCUT2D eigenvalue weighted by atomic mass is 35.5. The predicted molar refractivity (Wildman–Crippen MR) is 89.9 cm³/mol. The number of hydrogen-bond acceptors (Lipinski definition) is 3. The van der Waals surface area contributed by atoms with Crippen molar-refractivity contribution in [2.75, 3.05) is 6.61 Å². The van der Waals surface area contributed by atoms with Gasteiger partial charge in [0.05, 0.1) is 0 Å². The summed E-state index contributed by atoms with van der Waals surface area (Å²) in [4.78, 5) is 24.1. The molecule has 128 valence electrons. The Balaban J connectivity index is 1.20. The van der Waals surface area contributed by atoms with Crippen LogP contribution in [0, 0.1) is 5.92 Å². The van der Waals surface area contributed by atoms with Crippen LogP contribution in [-0.4, -0.2) is 29.5 Å². The molecule has 0 saturated heterocycles. The molecule has 1 aromatic carbocycles. The Labute approximate surface area is 146 Å². The molecule has 4 aliphatic carbocycles. The number of amides is 2. The summed E-state index contributed by atoms with van der Waals surface area (Å²) in [6.45, 7) is -0.00911. The van der Waals surface area contributed by atoms with E-state index in [9.17, 15) is 9.59 Å². The maximum Gasteiger partial charge on any atom is 0.258 e. The average Bonchev–Trinajstić information content (AvgIpc) is 2.41. The fraction of sp³-hybridized carbons (Fsp3) is 0.556. The van der Waals surface area contributed by atoms with Crippen molar-refractivity contribution in [3.63, 3.8) is 0 Å². The first-order chi connectivity index (χ1) is 11.5. The van der Waals surface area contributed by atoms with Gasteiger partial charge < -0.3 is 15.4 Å². The Morgan fingerprint density at radius 1 is 1.08 bits per heavy atom. The van der Waals surface area contributed by atoms with Crippen molar-refractivity contribution < 1.29 is 14.3 Å². The fourth-order valence-electron chi connectivity index (χ4n) is 4.10. The van der Waals surface area contributed by atoms with E-state index >= 15 is 0 Å². The molecule has 0 spiro atoms. The predicted octanol–water partition coefficient (Wildman–Crippen LogP) is 2.43. The van der Waals surface area contributed by atoms with Crippen molar-refractivity contribution in [1.82, 2.24) is 10.6 Å². The molecule has 2 amide bonds.